The molecule has 0 unspecified atom stereocenters. The molecule has 0 atom stereocenters. The van der Waals surface area contributed by atoms with Gasteiger partial charge in [-0.25, -0.2) is 0 Å². The fourth-order valence-electron chi connectivity index (χ4n) is 3.31. The Hall–Kier alpha value is -2.00. The van der Waals surface area contributed by atoms with Crippen LogP contribution in [0.25, 0.3) is 0 Å². The molecule has 0 bridgehead atoms. The Kier molecular flexibility index (Phi) is 13.0. The maximum atomic E-state index is 5.38. The summed E-state index contributed by atoms with van der Waals surface area (Å²) in [6, 6.07) is 14.7. The van der Waals surface area contributed by atoms with Crippen LogP contribution in [0, 0.1) is 0 Å². The molecule has 0 saturated carbocycles. The molecular formula is C24H37IN4O2. The highest BCUT2D eigenvalue weighted by atomic mass is 127. The third-order valence-corrected chi connectivity index (χ3v) is 5.13. The molecule has 2 aromatic rings. The molecule has 0 aromatic heterocycles. The Morgan fingerprint density at radius 1 is 0.903 bits per heavy atom. The van der Waals surface area contributed by atoms with E-state index in [4.69, 9.17) is 9.47 Å². The number of benzene rings is 2. The van der Waals surface area contributed by atoms with E-state index in [0.717, 1.165) is 56.6 Å². The van der Waals surface area contributed by atoms with Crippen LogP contribution in [0.3, 0.4) is 0 Å². The van der Waals surface area contributed by atoms with Crippen LogP contribution >= 0.6 is 24.0 Å². The van der Waals surface area contributed by atoms with E-state index in [1.165, 1.54) is 16.7 Å². The minimum Gasteiger partial charge on any atom is -0.493 e. The van der Waals surface area contributed by atoms with Crippen LogP contribution in [0.2, 0.25) is 0 Å². The van der Waals surface area contributed by atoms with E-state index >= 15 is 0 Å². The van der Waals surface area contributed by atoms with Crippen molar-refractivity contribution in [3.8, 4) is 11.5 Å². The normalized spacial score (nSPS) is 11.1. The number of ether oxygens (including phenoxy) is 2. The lowest BCUT2D eigenvalue weighted by Gasteiger charge is -2.18. The highest BCUT2D eigenvalue weighted by Gasteiger charge is 2.06. The molecule has 0 heterocycles. The SMILES string of the molecule is CCN(CC)Cc1cccc(CNC(=NC)NCCc2ccc(OC)c(OC)c2)c1.I. The average molecular weight is 540 g/mol. The highest BCUT2D eigenvalue weighted by Crippen LogP contribution is 2.27. The monoisotopic (exact) mass is 540 g/mol. The van der Waals surface area contributed by atoms with Gasteiger partial charge in [0.25, 0.3) is 0 Å². The summed E-state index contributed by atoms with van der Waals surface area (Å²) in [5.41, 5.74) is 3.77. The summed E-state index contributed by atoms with van der Waals surface area (Å²) in [6.07, 6.45) is 0.862. The van der Waals surface area contributed by atoms with Crippen molar-refractivity contribution in [3.05, 3.63) is 59.2 Å². The second-order valence-electron chi connectivity index (χ2n) is 7.07. The van der Waals surface area contributed by atoms with Gasteiger partial charge in [-0.15, -0.1) is 24.0 Å². The lowest BCUT2D eigenvalue weighted by atomic mass is 10.1. The van der Waals surface area contributed by atoms with E-state index in [-0.39, 0.29) is 24.0 Å². The fourth-order valence-corrected chi connectivity index (χ4v) is 3.31. The van der Waals surface area contributed by atoms with Gasteiger partial charge in [0, 0.05) is 26.7 Å². The first-order valence-corrected chi connectivity index (χ1v) is 10.6. The second-order valence-corrected chi connectivity index (χ2v) is 7.07. The van der Waals surface area contributed by atoms with Crippen molar-refractivity contribution in [2.45, 2.75) is 33.4 Å². The summed E-state index contributed by atoms with van der Waals surface area (Å²) in [7, 11) is 5.10. The van der Waals surface area contributed by atoms with E-state index in [1.54, 1.807) is 21.3 Å². The highest BCUT2D eigenvalue weighted by molar-refractivity contribution is 14.0. The number of nitrogens with one attached hydrogen (secondary N) is 2. The Morgan fingerprint density at radius 2 is 1.61 bits per heavy atom. The molecule has 0 spiro atoms. The van der Waals surface area contributed by atoms with E-state index in [2.05, 4.69) is 64.7 Å². The van der Waals surface area contributed by atoms with Gasteiger partial charge >= 0.3 is 0 Å². The number of nitrogens with zero attached hydrogens (tertiary/aromatic N) is 2. The van der Waals surface area contributed by atoms with Crippen molar-refractivity contribution < 1.29 is 9.47 Å². The summed E-state index contributed by atoms with van der Waals surface area (Å²) in [5, 5.41) is 6.78. The van der Waals surface area contributed by atoms with Crippen LogP contribution < -0.4 is 20.1 Å². The number of hydrogen-bond acceptors (Lipinski definition) is 4. The number of hydrogen-bond donors (Lipinski definition) is 2. The summed E-state index contributed by atoms with van der Waals surface area (Å²) >= 11 is 0. The zero-order chi connectivity index (χ0) is 21.8. The van der Waals surface area contributed by atoms with Gasteiger partial charge in [-0.2, -0.15) is 0 Å². The van der Waals surface area contributed by atoms with Crippen molar-refractivity contribution in [1.82, 2.24) is 15.5 Å². The summed E-state index contributed by atoms with van der Waals surface area (Å²) < 4.78 is 10.7. The number of aliphatic imine (C=N–C) groups is 1. The van der Waals surface area contributed by atoms with E-state index < -0.39 is 0 Å². The standard InChI is InChI=1S/C24H36N4O2.HI/c1-6-28(7-2)18-21-10-8-9-20(15-21)17-27-24(25-3)26-14-13-19-11-12-22(29-4)23(16-19)30-5;/h8-12,15-16H,6-7,13-14,17-18H2,1-5H3,(H2,25,26,27);1H. The molecule has 0 saturated heterocycles. The average Bonchev–Trinajstić information content (AvgIpc) is 2.79. The van der Waals surface area contributed by atoms with Gasteiger partial charge in [-0.1, -0.05) is 44.2 Å². The second kappa shape index (κ2) is 14.9. The van der Waals surface area contributed by atoms with Crippen LogP contribution in [0.15, 0.2) is 47.5 Å². The molecule has 0 amide bonds. The zero-order valence-corrected chi connectivity index (χ0v) is 21.7. The molecule has 0 radical (unpaired) electrons. The molecule has 0 aliphatic carbocycles. The molecule has 6 nitrogen and oxygen atoms in total. The maximum Gasteiger partial charge on any atom is 0.191 e. The van der Waals surface area contributed by atoms with Crippen LogP contribution in [-0.4, -0.2) is 51.8 Å². The molecule has 2 N–H and O–H groups in total. The van der Waals surface area contributed by atoms with Gasteiger partial charge in [-0.05, 0) is 48.3 Å². The minimum atomic E-state index is 0. The first-order valence-electron chi connectivity index (χ1n) is 10.6. The van der Waals surface area contributed by atoms with Crippen molar-refractivity contribution in [3.63, 3.8) is 0 Å². The zero-order valence-electron chi connectivity index (χ0n) is 19.4. The molecule has 7 heteroatoms. The topological polar surface area (TPSA) is 58.1 Å². The molecular weight excluding hydrogens is 503 g/mol. The molecule has 2 aromatic carbocycles. The number of methoxy groups -OCH3 is 2. The van der Waals surface area contributed by atoms with E-state index in [9.17, 15) is 0 Å². The Morgan fingerprint density at radius 3 is 2.26 bits per heavy atom. The van der Waals surface area contributed by atoms with Gasteiger partial charge in [0.2, 0.25) is 0 Å². The predicted molar refractivity (Wildman–Crippen MR) is 140 cm³/mol. The molecule has 31 heavy (non-hydrogen) atoms. The van der Waals surface area contributed by atoms with E-state index in [0.29, 0.717) is 0 Å². The van der Waals surface area contributed by atoms with E-state index in [1.807, 2.05) is 12.1 Å². The minimum absolute atomic E-state index is 0. The largest absolute Gasteiger partial charge is 0.493 e. The first kappa shape index (κ1) is 27.0. The van der Waals surface area contributed by atoms with Gasteiger partial charge in [0.15, 0.2) is 17.5 Å². The third kappa shape index (κ3) is 8.95. The fraction of sp³-hybridized carbons (Fsp3) is 0.458. The van der Waals surface area contributed by atoms with Gasteiger partial charge in [-0.3, -0.25) is 9.89 Å². The Balaban J connectivity index is 0.00000480. The van der Waals surface area contributed by atoms with Gasteiger partial charge in [0.1, 0.15) is 0 Å². The predicted octanol–water partition coefficient (Wildman–Crippen LogP) is 4.07. The summed E-state index contributed by atoms with van der Waals surface area (Å²) in [6.45, 7) is 9.03. The van der Waals surface area contributed by atoms with Crippen molar-refractivity contribution in [1.29, 1.82) is 0 Å². The van der Waals surface area contributed by atoms with Crippen molar-refractivity contribution >= 4 is 29.9 Å². The Labute approximate surface area is 204 Å². The summed E-state index contributed by atoms with van der Waals surface area (Å²) in [4.78, 5) is 6.75. The number of halogens is 1. The van der Waals surface area contributed by atoms with Crippen LogP contribution in [0.1, 0.15) is 30.5 Å². The summed E-state index contributed by atoms with van der Waals surface area (Å²) in [5.74, 6) is 2.29. The molecule has 0 aliphatic rings. The number of rotatable bonds is 11. The lowest BCUT2D eigenvalue weighted by Crippen LogP contribution is -2.37. The lowest BCUT2D eigenvalue weighted by molar-refractivity contribution is 0.296. The third-order valence-electron chi connectivity index (χ3n) is 5.13. The van der Waals surface area contributed by atoms with Gasteiger partial charge < -0.3 is 20.1 Å². The first-order chi connectivity index (χ1) is 14.6. The molecule has 2 rings (SSSR count). The number of guanidine groups is 1. The quantitative estimate of drug-likeness (QED) is 0.256. The van der Waals surface area contributed by atoms with Crippen molar-refractivity contribution in [2.75, 3.05) is 40.9 Å². The van der Waals surface area contributed by atoms with Crippen LogP contribution in [0.5, 0.6) is 11.5 Å². The molecule has 0 aliphatic heterocycles. The molecule has 0 fully saturated rings. The van der Waals surface area contributed by atoms with Crippen LogP contribution in [-0.2, 0) is 19.5 Å². The Bertz CT molecular complexity index is 810. The maximum absolute atomic E-state index is 5.38. The molecule has 172 valence electrons. The smallest absolute Gasteiger partial charge is 0.191 e. The van der Waals surface area contributed by atoms with Gasteiger partial charge in [0.05, 0.1) is 14.2 Å². The van der Waals surface area contributed by atoms with Crippen molar-refractivity contribution in [2.24, 2.45) is 4.99 Å². The van der Waals surface area contributed by atoms with Crippen LogP contribution in [0.4, 0.5) is 0 Å².